The summed E-state index contributed by atoms with van der Waals surface area (Å²) < 4.78 is 11.0. The Morgan fingerprint density at radius 3 is 2.83 bits per heavy atom. The average Bonchev–Trinajstić information content (AvgIpc) is 3.22. The number of carbonyl (C=O) groups is 2. The molecule has 0 bridgehead atoms. The molecule has 1 aromatic heterocycles. The number of hydrogen-bond donors (Lipinski definition) is 2. The summed E-state index contributed by atoms with van der Waals surface area (Å²) in [6.45, 7) is 0.443. The van der Waals surface area contributed by atoms with Crippen LogP contribution in [0.5, 0.6) is 5.75 Å². The molecular weight excluding hydrogens is 392 g/mol. The molecule has 1 aliphatic rings. The summed E-state index contributed by atoms with van der Waals surface area (Å²) in [5.41, 5.74) is 1.62. The van der Waals surface area contributed by atoms with Crippen molar-refractivity contribution in [2.75, 3.05) is 11.9 Å². The largest absolute Gasteiger partial charge is 0.469 e. The van der Waals surface area contributed by atoms with Crippen LogP contribution in [-0.4, -0.2) is 18.4 Å². The maximum absolute atomic E-state index is 12.4. The number of anilines is 1. The molecule has 0 saturated heterocycles. The molecule has 0 saturated carbocycles. The fourth-order valence-electron chi connectivity index (χ4n) is 2.91. The van der Waals surface area contributed by atoms with Gasteiger partial charge in [-0.25, -0.2) is 0 Å². The van der Waals surface area contributed by atoms with Gasteiger partial charge in [0.05, 0.1) is 12.0 Å². The normalized spacial score (nSPS) is 14.1. The van der Waals surface area contributed by atoms with E-state index in [1.54, 1.807) is 54.8 Å². The van der Waals surface area contributed by atoms with Gasteiger partial charge in [-0.3, -0.25) is 9.59 Å². The SMILES string of the molecule is O=C1Nc2cc(C(=O)NCCc3ccco3)ccc2O/C1=C\c1cccc(Cl)c1. The highest BCUT2D eigenvalue weighted by Gasteiger charge is 2.23. The Morgan fingerprint density at radius 1 is 1.14 bits per heavy atom. The summed E-state index contributed by atoms with van der Waals surface area (Å²) in [7, 11) is 0. The maximum atomic E-state index is 12.4. The lowest BCUT2D eigenvalue weighted by molar-refractivity contribution is -0.115. The van der Waals surface area contributed by atoms with Crippen LogP contribution < -0.4 is 15.4 Å². The number of fused-ring (bicyclic) bond motifs is 1. The van der Waals surface area contributed by atoms with Crippen molar-refractivity contribution in [2.24, 2.45) is 0 Å². The molecule has 2 aromatic carbocycles. The Morgan fingerprint density at radius 2 is 2.03 bits per heavy atom. The highest BCUT2D eigenvalue weighted by molar-refractivity contribution is 6.30. The maximum Gasteiger partial charge on any atom is 0.291 e. The third kappa shape index (κ3) is 4.50. The Hall–Kier alpha value is -3.51. The highest BCUT2D eigenvalue weighted by Crippen LogP contribution is 2.32. The average molecular weight is 409 g/mol. The molecule has 0 atom stereocenters. The number of benzene rings is 2. The van der Waals surface area contributed by atoms with Gasteiger partial charge >= 0.3 is 0 Å². The van der Waals surface area contributed by atoms with E-state index < -0.39 is 5.91 Å². The number of furan rings is 1. The fourth-order valence-corrected chi connectivity index (χ4v) is 3.10. The number of halogens is 1. The zero-order valence-electron chi connectivity index (χ0n) is 15.3. The zero-order valence-corrected chi connectivity index (χ0v) is 16.0. The zero-order chi connectivity index (χ0) is 20.2. The molecule has 0 aliphatic carbocycles. The van der Waals surface area contributed by atoms with Gasteiger partial charge in [-0.1, -0.05) is 23.7 Å². The smallest absolute Gasteiger partial charge is 0.291 e. The van der Waals surface area contributed by atoms with Crippen LogP contribution in [0, 0.1) is 0 Å². The first-order chi connectivity index (χ1) is 14.1. The van der Waals surface area contributed by atoms with E-state index in [1.807, 2.05) is 12.1 Å². The lowest BCUT2D eigenvalue weighted by Crippen LogP contribution is -2.27. The van der Waals surface area contributed by atoms with Gasteiger partial charge in [0.1, 0.15) is 5.76 Å². The van der Waals surface area contributed by atoms with Gasteiger partial charge in [-0.2, -0.15) is 0 Å². The Kier molecular flexibility index (Phi) is 5.35. The second-order valence-corrected chi connectivity index (χ2v) is 6.85. The van der Waals surface area contributed by atoms with Crippen molar-refractivity contribution < 1.29 is 18.7 Å². The topological polar surface area (TPSA) is 80.6 Å². The van der Waals surface area contributed by atoms with Crippen LogP contribution in [-0.2, 0) is 11.2 Å². The summed E-state index contributed by atoms with van der Waals surface area (Å²) in [5, 5.41) is 6.15. The minimum absolute atomic E-state index is 0.149. The molecular formula is C22H17ClN2O4. The van der Waals surface area contributed by atoms with Crippen LogP contribution in [0.4, 0.5) is 5.69 Å². The van der Waals surface area contributed by atoms with Crippen molar-refractivity contribution in [1.29, 1.82) is 0 Å². The van der Waals surface area contributed by atoms with Crippen LogP contribution in [0.15, 0.2) is 71.0 Å². The minimum atomic E-state index is -0.396. The predicted molar refractivity (Wildman–Crippen MR) is 110 cm³/mol. The van der Waals surface area contributed by atoms with Gasteiger partial charge in [-0.15, -0.1) is 0 Å². The number of hydrogen-bond acceptors (Lipinski definition) is 4. The van der Waals surface area contributed by atoms with Crippen LogP contribution in [0.3, 0.4) is 0 Å². The first-order valence-corrected chi connectivity index (χ1v) is 9.37. The second-order valence-electron chi connectivity index (χ2n) is 6.42. The molecule has 4 rings (SSSR count). The van der Waals surface area contributed by atoms with Crippen molar-refractivity contribution >= 4 is 35.2 Å². The third-order valence-electron chi connectivity index (χ3n) is 4.32. The van der Waals surface area contributed by atoms with Crippen molar-refractivity contribution in [3.63, 3.8) is 0 Å². The quantitative estimate of drug-likeness (QED) is 0.617. The predicted octanol–water partition coefficient (Wildman–Crippen LogP) is 4.28. The molecule has 0 fully saturated rings. The summed E-state index contributed by atoms with van der Waals surface area (Å²) >= 11 is 5.98. The molecule has 1 aliphatic heterocycles. The molecule has 29 heavy (non-hydrogen) atoms. The molecule has 2 N–H and O–H groups in total. The molecule has 0 unspecified atom stereocenters. The third-order valence-corrected chi connectivity index (χ3v) is 4.55. The highest BCUT2D eigenvalue weighted by atomic mass is 35.5. The fraction of sp³-hybridized carbons (Fsp3) is 0.0909. The van der Waals surface area contributed by atoms with E-state index >= 15 is 0 Å². The van der Waals surface area contributed by atoms with E-state index in [4.69, 9.17) is 20.8 Å². The van der Waals surface area contributed by atoms with Gasteiger partial charge in [0, 0.05) is 23.6 Å². The van der Waals surface area contributed by atoms with E-state index in [1.165, 1.54) is 0 Å². The van der Waals surface area contributed by atoms with E-state index in [-0.39, 0.29) is 11.7 Å². The van der Waals surface area contributed by atoms with E-state index in [0.29, 0.717) is 35.0 Å². The van der Waals surface area contributed by atoms with E-state index in [2.05, 4.69) is 10.6 Å². The summed E-state index contributed by atoms with van der Waals surface area (Å²) in [6.07, 6.45) is 3.80. The Bertz CT molecular complexity index is 1090. The van der Waals surface area contributed by atoms with Crippen molar-refractivity contribution in [2.45, 2.75) is 6.42 Å². The van der Waals surface area contributed by atoms with Gasteiger partial charge in [-0.05, 0) is 54.1 Å². The van der Waals surface area contributed by atoms with Crippen LogP contribution in [0.25, 0.3) is 6.08 Å². The number of ether oxygens (including phenoxy) is 1. The Balaban J connectivity index is 1.45. The summed E-state index contributed by atoms with van der Waals surface area (Å²) in [5.74, 6) is 0.776. The number of rotatable bonds is 5. The van der Waals surface area contributed by atoms with Gasteiger partial charge in [0.2, 0.25) is 0 Å². The number of carbonyl (C=O) groups excluding carboxylic acids is 2. The number of nitrogens with one attached hydrogen (secondary N) is 2. The van der Waals surface area contributed by atoms with Gasteiger partial charge in [0.25, 0.3) is 11.8 Å². The molecule has 146 valence electrons. The minimum Gasteiger partial charge on any atom is -0.469 e. The van der Waals surface area contributed by atoms with Crippen molar-refractivity contribution in [3.8, 4) is 5.75 Å². The molecule has 0 radical (unpaired) electrons. The first kappa shape index (κ1) is 18.8. The molecule has 2 amide bonds. The lowest BCUT2D eigenvalue weighted by atomic mass is 10.1. The lowest BCUT2D eigenvalue weighted by Gasteiger charge is -2.20. The van der Waals surface area contributed by atoms with Gasteiger partial charge in [0.15, 0.2) is 11.5 Å². The second kappa shape index (κ2) is 8.24. The Labute approximate surface area is 172 Å². The molecule has 2 heterocycles. The molecule has 6 nitrogen and oxygen atoms in total. The van der Waals surface area contributed by atoms with Crippen molar-refractivity contribution in [1.82, 2.24) is 5.32 Å². The molecule has 3 aromatic rings. The monoisotopic (exact) mass is 408 g/mol. The standard InChI is InChI=1S/C22H17ClN2O4/c23-16-4-1-3-14(11-16)12-20-22(27)25-18-13-15(6-7-19(18)29-20)21(26)24-9-8-17-5-2-10-28-17/h1-7,10-13H,8-9H2,(H,24,26)(H,25,27)/b20-12-. The van der Waals surface area contributed by atoms with E-state index in [0.717, 1.165) is 11.3 Å². The molecule has 7 heteroatoms. The molecule has 0 spiro atoms. The first-order valence-electron chi connectivity index (χ1n) is 8.99. The van der Waals surface area contributed by atoms with Crippen LogP contribution >= 0.6 is 11.6 Å². The van der Waals surface area contributed by atoms with Crippen LogP contribution in [0.2, 0.25) is 5.02 Å². The summed E-state index contributed by atoms with van der Waals surface area (Å²) in [4.78, 5) is 24.7. The van der Waals surface area contributed by atoms with E-state index in [9.17, 15) is 9.59 Å². The van der Waals surface area contributed by atoms with Gasteiger partial charge < -0.3 is 19.8 Å². The van der Waals surface area contributed by atoms with Crippen molar-refractivity contribution in [3.05, 3.63) is 88.5 Å². The summed E-state index contributed by atoms with van der Waals surface area (Å²) in [6, 6.07) is 15.6. The number of amides is 2. The van der Waals surface area contributed by atoms with Crippen LogP contribution in [0.1, 0.15) is 21.7 Å².